The molecule has 258 valence electrons. The number of amides is 2. The van der Waals surface area contributed by atoms with E-state index < -0.39 is 63.9 Å². The normalized spacial score (nSPS) is 32.2. The Morgan fingerprint density at radius 3 is 2.18 bits per heavy atom. The number of primary amides is 1. The van der Waals surface area contributed by atoms with Gasteiger partial charge in [-0.2, -0.15) is 0 Å². The first-order chi connectivity index (χ1) is 23.0. The van der Waals surface area contributed by atoms with E-state index in [2.05, 4.69) is 5.32 Å². The summed E-state index contributed by atoms with van der Waals surface area (Å²) in [5, 5.41) is 49.6. The number of hydrogen-bond acceptors (Lipinski definition) is 9. The number of aromatic hydroxyl groups is 1. The second-order valence-corrected chi connectivity index (χ2v) is 15.6. The van der Waals surface area contributed by atoms with Crippen LogP contribution in [-0.4, -0.2) is 67.9 Å². The predicted octanol–water partition coefficient (Wildman–Crippen LogP) is 4.21. The van der Waals surface area contributed by atoms with Gasteiger partial charge < -0.3 is 31.5 Å². The molecular formula is C38H42N2O8S. The third-order valence-corrected chi connectivity index (χ3v) is 12.2. The lowest BCUT2D eigenvalue weighted by Gasteiger charge is -2.66. The monoisotopic (exact) mass is 686 g/mol. The first-order valence-corrected chi connectivity index (χ1v) is 17.6. The number of aliphatic hydroxyl groups excluding tert-OH is 2. The summed E-state index contributed by atoms with van der Waals surface area (Å²) in [6.07, 6.45) is -1.23. The third-order valence-electron chi connectivity index (χ3n) is 11.5. The number of phenols is 1. The number of thioether (sulfide) groups is 1. The van der Waals surface area contributed by atoms with Gasteiger partial charge in [-0.3, -0.25) is 19.2 Å². The Morgan fingerprint density at radius 2 is 1.61 bits per heavy atom. The van der Waals surface area contributed by atoms with Crippen LogP contribution in [0.15, 0.2) is 65.6 Å². The van der Waals surface area contributed by atoms with Crippen molar-refractivity contribution in [1.82, 2.24) is 0 Å². The van der Waals surface area contributed by atoms with Gasteiger partial charge in [0.2, 0.25) is 5.91 Å². The van der Waals surface area contributed by atoms with E-state index in [4.69, 9.17) is 5.73 Å². The molecule has 2 amide bonds. The standard InChI is InChI=1S/C38H42N2O8S/c1-18(2)28-31(43)27(34(39)46)32(44)38(48)33(45)29-30(42)26-24(16-36(29,3)17-37(28,38)4)23(14-15-25(26)41)19-6-10-21(11-7-19)40-35(47)20-8-12-22(49-5)13-9-20/h6-15,18,27-29,31,33,41,43,45,48H,16-17H2,1-5H3,(H2,39,46)(H,40,47)/t27-,28+,29-,31?,33?,36-,37-,38+/m1/s1. The van der Waals surface area contributed by atoms with Gasteiger partial charge in [0.05, 0.1) is 17.6 Å². The number of carbonyl (C=O) groups is 4. The molecule has 8 atom stereocenters. The number of fused-ring (bicyclic) bond motifs is 3. The van der Waals surface area contributed by atoms with E-state index in [0.717, 1.165) is 10.5 Å². The Hall–Kier alpha value is -4.03. The van der Waals surface area contributed by atoms with Gasteiger partial charge in [-0.25, -0.2) is 0 Å². The molecule has 2 saturated carbocycles. The fourth-order valence-corrected chi connectivity index (χ4v) is 9.89. The maximum Gasteiger partial charge on any atom is 0.255 e. The van der Waals surface area contributed by atoms with Gasteiger partial charge in [-0.1, -0.05) is 45.9 Å². The summed E-state index contributed by atoms with van der Waals surface area (Å²) in [6, 6.07) is 17.5. The number of rotatable bonds is 6. The minimum atomic E-state index is -2.57. The number of aliphatic hydroxyl groups is 3. The first-order valence-electron chi connectivity index (χ1n) is 16.4. The highest BCUT2D eigenvalue weighted by Gasteiger charge is 2.75. The fourth-order valence-electron chi connectivity index (χ4n) is 9.48. The van der Waals surface area contributed by atoms with Crippen molar-refractivity contribution in [2.45, 2.75) is 63.2 Å². The molecule has 2 unspecified atom stereocenters. The molecule has 0 aliphatic heterocycles. The molecular weight excluding hydrogens is 644 g/mol. The summed E-state index contributed by atoms with van der Waals surface area (Å²) in [6.45, 7) is 7.06. The van der Waals surface area contributed by atoms with E-state index in [9.17, 15) is 39.6 Å². The lowest BCUT2D eigenvalue weighted by atomic mass is 9.39. The van der Waals surface area contributed by atoms with Gasteiger partial charge in [-0.05, 0) is 95.5 Å². The Bertz CT molecular complexity index is 1860. The minimum Gasteiger partial charge on any atom is -0.507 e. The highest BCUT2D eigenvalue weighted by Crippen LogP contribution is 2.66. The predicted molar refractivity (Wildman–Crippen MR) is 185 cm³/mol. The van der Waals surface area contributed by atoms with Gasteiger partial charge in [0.1, 0.15) is 17.8 Å². The summed E-state index contributed by atoms with van der Waals surface area (Å²) in [5.74, 6) is -7.62. The van der Waals surface area contributed by atoms with Crippen LogP contribution in [0, 0.1) is 34.5 Å². The van der Waals surface area contributed by atoms with Crippen molar-refractivity contribution in [2.75, 3.05) is 11.6 Å². The molecule has 3 aromatic carbocycles. The summed E-state index contributed by atoms with van der Waals surface area (Å²) in [5.41, 5.74) is 3.53. The van der Waals surface area contributed by atoms with Crippen molar-refractivity contribution in [2.24, 2.45) is 40.2 Å². The molecule has 0 aromatic heterocycles. The number of nitrogens with two attached hydrogens (primary N) is 1. The molecule has 0 saturated heterocycles. The largest absolute Gasteiger partial charge is 0.507 e. The molecule has 2 fully saturated rings. The van der Waals surface area contributed by atoms with Crippen LogP contribution >= 0.6 is 11.8 Å². The van der Waals surface area contributed by atoms with Gasteiger partial charge in [-0.15, -0.1) is 11.8 Å². The molecule has 10 nitrogen and oxygen atoms in total. The number of nitrogens with one attached hydrogen (secondary N) is 1. The zero-order valence-corrected chi connectivity index (χ0v) is 28.9. The molecule has 11 heteroatoms. The lowest BCUT2D eigenvalue weighted by Crippen LogP contribution is -2.79. The van der Waals surface area contributed by atoms with Crippen LogP contribution in [0.4, 0.5) is 5.69 Å². The van der Waals surface area contributed by atoms with E-state index in [1.54, 1.807) is 62.9 Å². The zero-order valence-electron chi connectivity index (χ0n) is 28.1. The number of ketones is 2. The van der Waals surface area contributed by atoms with Crippen LogP contribution in [0.5, 0.6) is 5.75 Å². The molecule has 0 radical (unpaired) electrons. The van der Waals surface area contributed by atoms with E-state index >= 15 is 0 Å². The van der Waals surface area contributed by atoms with E-state index in [1.165, 1.54) is 6.07 Å². The van der Waals surface area contributed by atoms with E-state index in [1.807, 2.05) is 37.4 Å². The second-order valence-electron chi connectivity index (χ2n) is 14.7. The summed E-state index contributed by atoms with van der Waals surface area (Å²) >= 11 is 1.59. The van der Waals surface area contributed by atoms with Crippen LogP contribution in [0.25, 0.3) is 11.1 Å². The van der Waals surface area contributed by atoms with Crippen LogP contribution in [0.1, 0.15) is 60.4 Å². The molecule has 3 aliphatic rings. The van der Waals surface area contributed by atoms with Crippen LogP contribution in [0.3, 0.4) is 0 Å². The van der Waals surface area contributed by atoms with E-state index in [0.29, 0.717) is 22.4 Å². The molecule has 6 rings (SSSR count). The van der Waals surface area contributed by atoms with Crippen LogP contribution in [0.2, 0.25) is 0 Å². The van der Waals surface area contributed by atoms with Gasteiger partial charge in [0, 0.05) is 21.6 Å². The van der Waals surface area contributed by atoms with Crippen molar-refractivity contribution in [1.29, 1.82) is 0 Å². The van der Waals surface area contributed by atoms with Crippen molar-refractivity contribution in [3.63, 3.8) is 0 Å². The van der Waals surface area contributed by atoms with Crippen molar-refractivity contribution in [3.8, 4) is 16.9 Å². The van der Waals surface area contributed by atoms with Crippen LogP contribution in [-0.2, 0) is 16.0 Å². The van der Waals surface area contributed by atoms with E-state index in [-0.39, 0.29) is 36.0 Å². The molecule has 3 aliphatic carbocycles. The molecule has 7 N–H and O–H groups in total. The highest BCUT2D eigenvalue weighted by molar-refractivity contribution is 7.98. The minimum absolute atomic E-state index is 0.00699. The maximum absolute atomic E-state index is 14.4. The van der Waals surface area contributed by atoms with Crippen LogP contribution < -0.4 is 11.1 Å². The number of benzene rings is 3. The van der Waals surface area contributed by atoms with Gasteiger partial charge in [0.15, 0.2) is 17.2 Å². The second kappa shape index (κ2) is 12.1. The summed E-state index contributed by atoms with van der Waals surface area (Å²) in [7, 11) is 0. The van der Waals surface area contributed by atoms with Crippen molar-refractivity contribution in [3.05, 3.63) is 77.4 Å². The Balaban J connectivity index is 1.39. The zero-order chi connectivity index (χ0) is 35.8. The molecule has 0 spiro atoms. The Labute approximate surface area is 289 Å². The molecule has 49 heavy (non-hydrogen) atoms. The molecule has 0 bridgehead atoms. The number of carbonyl (C=O) groups excluding carboxylic acids is 4. The molecule has 3 aromatic rings. The quantitative estimate of drug-likeness (QED) is 0.163. The maximum atomic E-state index is 14.4. The first kappa shape index (κ1) is 34.8. The van der Waals surface area contributed by atoms with Crippen molar-refractivity contribution >= 4 is 40.8 Å². The highest BCUT2D eigenvalue weighted by atomic mass is 32.2. The third kappa shape index (κ3) is 5.12. The number of Topliss-reactive ketones (excluding diaryl/α,β-unsaturated/α-hetero) is 2. The van der Waals surface area contributed by atoms with Gasteiger partial charge in [0.25, 0.3) is 5.91 Å². The number of phenolic OH excluding ortho intramolecular Hbond substituents is 1. The van der Waals surface area contributed by atoms with Crippen molar-refractivity contribution < 1.29 is 39.6 Å². The number of anilines is 1. The topological polar surface area (TPSA) is 187 Å². The average Bonchev–Trinajstić information content (AvgIpc) is 3.03. The smallest absolute Gasteiger partial charge is 0.255 e. The SMILES string of the molecule is CSc1ccc(C(=O)Nc2ccc(-c3ccc(O)c4c3C[C@]3(C)C[C@]5(C)[C@@H](C(C)C)C(O)[C@@H](C(N)=O)C(=O)[C@]5(O)C(O)[C@H]3C4=O)cc2)cc1. The average molecular weight is 687 g/mol. The van der Waals surface area contributed by atoms with Gasteiger partial charge >= 0.3 is 0 Å². The Morgan fingerprint density at radius 1 is 0.980 bits per heavy atom. The summed E-state index contributed by atoms with van der Waals surface area (Å²) < 4.78 is 0. The lowest BCUT2D eigenvalue weighted by molar-refractivity contribution is -0.265. The summed E-state index contributed by atoms with van der Waals surface area (Å²) in [4.78, 5) is 54.7. The molecule has 0 heterocycles. The Kier molecular flexibility index (Phi) is 8.59. The fraction of sp³-hybridized carbons (Fsp3) is 0.421. The number of hydrogen-bond donors (Lipinski definition) is 6.